The summed E-state index contributed by atoms with van der Waals surface area (Å²) in [6.45, 7) is 8.00. The van der Waals surface area contributed by atoms with Crippen LogP contribution < -0.4 is 10.1 Å². The van der Waals surface area contributed by atoms with Crippen molar-refractivity contribution >= 4 is 34.2 Å². The first-order valence-corrected chi connectivity index (χ1v) is 14.2. The average molecular weight is 533 g/mol. The quantitative estimate of drug-likeness (QED) is 0.244. The molecule has 2 heterocycles. The molecule has 3 aromatic carbocycles. The third-order valence-corrected chi connectivity index (χ3v) is 8.63. The van der Waals surface area contributed by atoms with Crippen molar-refractivity contribution in [1.29, 1.82) is 0 Å². The number of carboxylic acid groups (broad SMARTS) is 1. The van der Waals surface area contributed by atoms with Crippen molar-refractivity contribution in [2.45, 2.75) is 51.5 Å². The van der Waals surface area contributed by atoms with E-state index >= 15 is 0 Å². The number of aromatic nitrogens is 1. The molecule has 40 heavy (non-hydrogen) atoms. The molecule has 0 unspecified atom stereocenters. The molecule has 5 nitrogen and oxygen atoms in total. The number of aryl methyl sites for hydroxylation is 1. The van der Waals surface area contributed by atoms with E-state index in [0.717, 1.165) is 46.7 Å². The lowest BCUT2D eigenvalue weighted by atomic mass is 9.81. The van der Waals surface area contributed by atoms with E-state index in [1.54, 1.807) is 13.2 Å². The van der Waals surface area contributed by atoms with Gasteiger partial charge in [0.1, 0.15) is 5.75 Å². The number of allylic oxidation sites excluding steroid dienone is 2. The zero-order chi connectivity index (χ0) is 27.8. The molecule has 4 aromatic rings. The molecule has 2 aliphatic rings. The van der Waals surface area contributed by atoms with E-state index in [1.807, 2.05) is 36.4 Å². The van der Waals surface area contributed by atoms with Gasteiger partial charge in [-0.25, -0.2) is 4.79 Å². The first-order valence-electron chi connectivity index (χ1n) is 14.2. The largest absolute Gasteiger partial charge is 0.497 e. The molecule has 6 rings (SSSR count). The Morgan fingerprint density at radius 1 is 1.05 bits per heavy atom. The number of carbonyl (C=O) groups is 1. The predicted octanol–water partition coefficient (Wildman–Crippen LogP) is 8.52. The Bertz CT molecular complexity index is 1640. The van der Waals surface area contributed by atoms with Gasteiger partial charge < -0.3 is 19.7 Å². The van der Waals surface area contributed by atoms with E-state index in [1.165, 1.54) is 59.9 Å². The number of nitrogens with zero attached hydrogens (tertiary/aromatic N) is 1. The maximum atomic E-state index is 11.9. The van der Waals surface area contributed by atoms with Crippen molar-refractivity contribution in [3.05, 3.63) is 95.1 Å². The smallest absolute Gasteiger partial charge is 0.335 e. The van der Waals surface area contributed by atoms with Gasteiger partial charge in [0.05, 0.1) is 24.1 Å². The fourth-order valence-electron chi connectivity index (χ4n) is 6.54. The van der Waals surface area contributed by atoms with Gasteiger partial charge in [0.15, 0.2) is 0 Å². The van der Waals surface area contributed by atoms with Gasteiger partial charge in [-0.15, -0.1) is 0 Å². The topological polar surface area (TPSA) is 63.5 Å². The fraction of sp³-hybridized carbons (Fsp3) is 0.286. The van der Waals surface area contributed by atoms with Crippen LogP contribution in [0.15, 0.2) is 67.3 Å². The molecule has 5 heteroatoms. The number of anilines is 1. The Morgan fingerprint density at radius 3 is 2.52 bits per heavy atom. The van der Waals surface area contributed by atoms with Crippen molar-refractivity contribution in [2.24, 2.45) is 0 Å². The van der Waals surface area contributed by atoms with Gasteiger partial charge in [-0.3, -0.25) is 0 Å². The van der Waals surface area contributed by atoms with Crippen molar-refractivity contribution in [3.63, 3.8) is 0 Å². The molecule has 0 atom stereocenters. The summed E-state index contributed by atoms with van der Waals surface area (Å²) in [6, 6.07) is 18.1. The summed E-state index contributed by atoms with van der Waals surface area (Å²) in [5.74, 6) is 0.418. The summed E-state index contributed by atoms with van der Waals surface area (Å²) in [5, 5.41) is 14.7. The van der Waals surface area contributed by atoms with Crippen LogP contribution in [0.2, 0.25) is 0 Å². The Balaban J connectivity index is 1.50. The third-order valence-electron chi connectivity index (χ3n) is 8.63. The zero-order valence-electron chi connectivity index (χ0n) is 23.3. The molecule has 1 saturated carbocycles. The molecule has 0 radical (unpaired) electrons. The second-order valence-electron chi connectivity index (χ2n) is 11.0. The Labute approximate surface area is 235 Å². The molecule has 1 aliphatic carbocycles. The lowest BCUT2D eigenvalue weighted by molar-refractivity contribution is 0.0697. The van der Waals surface area contributed by atoms with Crippen molar-refractivity contribution < 1.29 is 14.6 Å². The number of ether oxygens (including phenoxy) is 1. The van der Waals surface area contributed by atoms with Gasteiger partial charge in [-0.1, -0.05) is 68.3 Å². The maximum absolute atomic E-state index is 11.9. The number of benzene rings is 3. The minimum atomic E-state index is -0.885. The highest BCUT2D eigenvalue weighted by Gasteiger charge is 2.29. The zero-order valence-corrected chi connectivity index (χ0v) is 23.3. The predicted molar refractivity (Wildman–Crippen MR) is 164 cm³/mol. The first-order chi connectivity index (χ1) is 19.5. The van der Waals surface area contributed by atoms with Crippen molar-refractivity contribution in [1.82, 2.24) is 4.57 Å². The van der Waals surface area contributed by atoms with Crippen LogP contribution in [0.3, 0.4) is 0 Å². The number of nitrogens with one attached hydrogen (secondary N) is 1. The Morgan fingerprint density at radius 2 is 1.80 bits per heavy atom. The van der Waals surface area contributed by atoms with Crippen LogP contribution in [-0.4, -0.2) is 29.3 Å². The number of aromatic carboxylic acids is 1. The molecule has 1 aliphatic heterocycles. The van der Waals surface area contributed by atoms with Crippen LogP contribution in [0.1, 0.15) is 70.6 Å². The highest BCUT2D eigenvalue weighted by atomic mass is 16.5. The van der Waals surface area contributed by atoms with Crippen LogP contribution in [0.25, 0.3) is 33.8 Å². The molecule has 0 amide bonds. The summed E-state index contributed by atoms with van der Waals surface area (Å²) >= 11 is 0. The number of methoxy groups -OCH3 is 1. The molecule has 0 spiro atoms. The standard InChI is InChI=1S/C35H36N2O3/c1-22(24-11-14-27(40-3)15-12-24)9-16-28-23(2)10-17-30-33(28)36-19-20-37-31-21-26(35(38)39)13-18-29(31)32(34(30)37)25-7-5-4-6-8-25/h9-18,21,25,36H,1,4-8,19-20H2,2-3H3,(H,38,39)/b16-9-. The number of hydrogen-bond donors (Lipinski definition) is 2. The summed E-state index contributed by atoms with van der Waals surface area (Å²) in [7, 11) is 1.67. The Hall–Kier alpha value is -4.25. The van der Waals surface area contributed by atoms with Gasteiger partial charge in [0, 0.05) is 35.1 Å². The van der Waals surface area contributed by atoms with Crippen molar-refractivity contribution in [3.8, 4) is 17.0 Å². The first kappa shape index (κ1) is 26.0. The summed E-state index contributed by atoms with van der Waals surface area (Å²) in [6.07, 6.45) is 10.4. The van der Waals surface area contributed by atoms with E-state index in [0.29, 0.717) is 11.5 Å². The summed E-state index contributed by atoms with van der Waals surface area (Å²) in [5.41, 5.74) is 10.7. The van der Waals surface area contributed by atoms with Gasteiger partial charge in [-0.05, 0) is 72.2 Å². The van der Waals surface area contributed by atoms with Gasteiger partial charge >= 0.3 is 5.97 Å². The number of carboxylic acids is 1. The molecular formula is C35H36N2O3. The van der Waals surface area contributed by atoms with Crippen LogP contribution in [0.4, 0.5) is 5.69 Å². The fourth-order valence-corrected chi connectivity index (χ4v) is 6.54. The second-order valence-corrected chi connectivity index (χ2v) is 11.0. The number of rotatable bonds is 6. The van der Waals surface area contributed by atoms with Crippen LogP contribution in [0, 0.1) is 6.92 Å². The minimum absolute atomic E-state index is 0.338. The van der Waals surface area contributed by atoms with E-state index in [2.05, 4.69) is 47.7 Å². The lowest BCUT2D eigenvalue weighted by Gasteiger charge is -2.24. The van der Waals surface area contributed by atoms with E-state index in [9.17, 15) is 9.90 Å². The monoisotopic (exact) mass is 532 g/mol. The Kier molecular flexibility index (Phi) is 6.97. The average Bonchev–Trinajstić information content (AvgIpc) is 3.17. The number of hydrogen-bond acceptors (Lipinski definition) is 3. The van der Waals surface area contributed by atoms with Crippen LogP contribution in [0.5, 0.6) is 5.75 Å². The van der Waals surface area contributed by atoms with Crippen LogP contribution in [-0.2, 0) is 6.54 Å². The molecule has 2 N–H and O–H groups in total. The molecule has 204 valence electrons. The molecule has 0 bridgehead atoms. The van der Waals surface area contributed by atoms with Crippen LogP contribution >= 0.6 is 0 Å². The summed E-state index contributed by atoms with van der Waals surface area (Å²) in [4.78, 5) is 11.9. The second kappa shape index (κ2) is 10.7. The molecule has 1 aromatic heterocycles. The number of fused-ring (bicyclic) bond motifs is 5. The highest BCUT2D eigenvalue weighted by Crippen LogP contribution is 2.47. The minimum Gasteiger partial charge on any atom is -0.497 e. The van der Waals surface area contributed by atoms with E-state index in [4.69, 9.17) is 4.74 Å². The van der Waals surface area contributed by atoms with E-state index in [-0.39, 0.29) is 0 Å². The van der Waals surface area contributed by atoms with E-state index < -0.39 is 5.97 Å². The SMILES string of the molecule is C=C(/C=C\c1c(C)ccc2c1NCCn1c-2c(C2CCCCC2)c2ccc(C(=O)O)cc21)c1ccc(OC)cc1. The van der Waals surface area contributed by atoms with Gasteiger partial charge in [0.2, 0.25) is 0 Å². The highest BCUT2D eigenvalue weighted by molar-refractivity contribution is 6.00. The van der Waals surface area contributed by atoms with Gasteiger partial charge in [-0.2, -0.15) is 0 Å². The normalized spacial score (nSPS) is 15.3. The molecule has 1 fully saturated rings. The molecule has 0 saturated heterocycles. The van der Waals surface area contributed by atoms with Gasteiger partial charge in [0.25, 0.3) is 0 Å². The molecular weight excluding hydrogens is 496 g/mol. The summed E-state index contributed by atoms with van der Waals surface area (Å²) < 4.78 is 7.67. The third kappa shape index (κ3) is 4.60. The van der Waals surface area contributed by atoms with Crippen molar-refractivity contribution in [2.75, 3.05) is 19.0 Å². The lowest BCUT2D eigenvalue weighted by Crippen LogP contribution is -2.08. The maximum Gasteiger partial charge on any atom is 0.335 e.